The lowest BCUT2D eigenvalue weighted by molar-refractivity contribution is -0.452. The largest absolute Gasteiger partial charge is 0.474 e. The Morgan fingerprint density at radius 1 is 0.195 bits per heavy atom. The van der Waals surface area contributed by atoms with Crippen LogP contribution in [-0.2, 0) is 18.1 Å². The zero-order valence-corrected chi connectivity index (χ0v) is 34.7. The molecule has 0 aromatic heterocycles. The van der Waals surface area contributed by atoms with Crippen LogP contribution in [0.15, 0.2) is 0 Å². The summed E-state index contributed by atoms with van der Waals surface area (Å²) in [5.41, 5.74) is 0. The van der Waals surface area contributed by atoms with Gasteiger partial charge in [0.1, 0.15) is 0 Å². The predicted octanol–water partition coefficient (Wildman–Crippen LogP) is 16.4. The Kier molecular flexibility index (Phi) is 19.1. The predicted molar refractivity (Wildman–Crippen MR) is 147 cm³/mol. The van der Waals surface area contributed by atoms with Crippen molar-refractivity contribution in [2.45, 2.75) is 144 Å². The van der Waals surface area contributed by atoms with Crippen LogP contribution in [0.4, 0.5) is 198 Å². The highest BCUT2D eigenvalue weighted by Gasteiger charge is 2.96. The lowest BCUT2D eigenvalue weighted by Gasteiger charge is -2.41. The summed E-state index contributed by atoms with van der Waals surface area (Å²) in [7, 11) is -7.83. The van der Waals surface area contributed by atoms with E-state index in [1.165, 1.54) is 0 Å². The van der Waals surface area contributed by atoms with Gasteiger partial charge in [0.15, 0.2) is 0 Å². The molecule has 4 nitrogen and oxygen atoms in total. The van der Waals surface area contributed by atoms with Gasteiger partial charge >= 0.3 is 133 Å². The van der Waals surface area contributed by atoms with Gasteiger partial charge in [0.2, 0.25) is 0 Å². The number of halogens is 45. The Labute approximate surface area is 389 Å². The van der Waals surface area contributed by atoms with E-state index in [0.29, 0.717) is 0 Å². The quantitative estimate of drug-likeness (QED) is 0.0607. The highest BCUT2D eigenvalue weighted by atomic mass is 31.2. The summed E-state index contributed by atoms with van der Waals surface area (Å²) < 4.78 is 627. The van der Waals surface area contributed by atoms with E-state index in [9.17, 15) is 202 Å². The Hall–Kier alpha value is -3.04. The highest BCUT2D eigenvalue weighted by Crippen LogP contribution is 2.67. The van der Waals surface area contributed by atoms with Gasteiger partial charge in [0.05, 0.1) is 19.8 Å². The van der Waals surface area contributed by atoms with Crippen molar-refractivity contribution in [3.8, 4) is 0 Å². The number of phosphoric ester groups is 1. The van der Waals surface area contributed by atoms with Crippen molar-refractivity contribution in [2.24, 2.45) is 0 Å². The third-order valence-electron chi connectivity index (χ3n) is 9.17. The molecule has 0 aliphatic carbocycles. The van der Waals surface area contributed by atoms with E-state index in [2.05, 4.69) is 13.6 Å². The number of rotatable bonds is 27. The Morgan fingerprint density at radius 2 is 0.312 bits per heavy atom. The van der Waals surface area contributed by atoms with Crippen molar-refractivity contribution in [3.05, 3.63) is 0 Å². The van der Waals surface area contributed by atoms with Gasteiger partial charge in [0.25, 0.3) is 0 Å². The summed E-state index contributed by atoms with van der Waals surface area (Å²) in [6, 6.07) is 0. The summed E-state index contributed by atoms with van der Waals surface area (Å²) >= 11 is 0. The first kappa shape index (κ1) is 74.0. The minimum atomic E-state index is -9.17. The van der Waals surface area contributed by atoms with Crippen LogP contribution in [0.5, 0.6) is 0 Å². The molecule has 0 aromatic carbocycles. The molecule has 0 saturated heterocycles. The van der Waals surface area contributed by atoms with Crippen LogP contribution in [0.3, 0.4) is 0 Å². The first-order chi connectivity index (χ1) is 32.6. The maximum Gasteiger partial charge on any atom is 0.474 e. The van der Waals surface area contributed by atoms with E-state index >= 15 is 0 Å². The molecule has 0 heterocycles. The Bertz CT molecular complexity index is 1850. The molecule has 0 rings (SSSR count). The molecule has 50 heteroatoms. The van der Waals surface area contributed by atoms with Gasteiger partial charge in [-0.1, -0.05) is 0 Å². The average molecular weight is 1290 g/mol. The number of hydrogen-bond acceptors (Lipinski definition) is 4. The highest BCUT2D eigenvalue weighted by molar-refractivity contribution is 7.48. The summed E-state index contributed by atoms with van der Waals surface area (Å²) in [5.74, 6) is -157. The number of alkyl halides is 45. The summed E-state index contributed by atoms with van der Waals surface area (Å²) in [5, 5.41) is 0. The van der Waals surface area contributed by atoms with Crippen LogP contribution < -0.4 is 0 Å². The van der Waals surface area contributed by atoms with Crippen LogP contribution >= 0.6 is 7.82 Å². The fourth-order valence-electron chi connectivity index (χ4n) is 4.44. The summed E-state index contributed by atoms with van der Waals surface area (Å²) in [6.45, 7) is -11.0. The summed E-state index contributed by atoms with van der Waals surface area (Å²) in [4.78, 5) is 0. The first-order valence-corrected chi connectivity index (χ1v) is 18.6. The molecule has 0 radical (unpaired) electrons. The number of hydrogen-bond donors (Lipinski definition) is 0. The molecule has 464 valence electrons. The van der Waals surface area contributed by atoms with Gasteiger partial charge in [0, 0.05) is 19.3 Å². The van der Waals surface area contributed by atoms with Crippen molar-refractivity contribution in [2.75, 3.05) is 19.8 Å². The molecule has 0 N–H and O–H groups in total. The molecule has 0 aliphatic heterocycles. The second kappa shape index (κ2) is 19.9. The molecule has 77 heavy (non-hydrogen) atoms. The third kappa shape index (κ3) is 11.0. The lowest BCUT2D eigenvalue weighted by atomic mass is 9.90. The lowest BCUT2D eigenvalue weighted by Crippen LogP contribution is -2.72. The van der Waals surface area contributed by atoms with Gasteiger partial charge < -0.3 is 0 Å². The average Bonchev–Trinajstić information content (AvgIpc) is 3.18. The first-order valence-electron chi connectivity index (χ1n) is 17.2. The molecule has 0 saturated carbocycles. The second-order valence-electron chi connectivity index (χ2n) is 14.4. The maximum atomic E-state index is 14.2. The van der Waals surface area contributed by atoms with E-state index < -0.39 is 172 Å². The Morgan fingerprint density at radius 3 is 0.442 bits per heavy atom. The molecule has 0 aliphatic rings. The smallest absolute Gasteiger partial charge is 0.287 e. The molecule has 0 aromatic rings. The topological polar surface area (TPSA) is 44.8 Å². The fourth-order valence-corrected chi connectivity index (χ4v) is 5.61. The van der Waals surface area contributed by atoms with Crippen molar-refractivity contribution < 1.29 is 216 Å². The van der Waals surface area contributed by atoms with Gasteiger partial charge in [-0.2, -0.15) is 198 Å². The van der Waals surface area contributed by atoms with Crippen molar-refractivity contribution in [1.29, 1.82) is 0 Å². The second-order valence-corrected chi connectivity index (χ2v) is 16.1. The minimum absolute atomic E-state index is 3.07. The normalized spacial score (nSPS) is 16.9. The van der Waals surface area contributed by atoms with Crippen LogP contribution in [0.1, 0.15) is 19.3 Å². The van der Waals surface area contributed by atoms with E-state index in [1.807, 2.05) is 0 Å². The zero-order valence-electron chi connectivity index (χ0n) is 33.8. The van der Waals surface area contributed by atoms with E-state index in [-0.39, 0.29) is 0 Å². The summed E-state index contributed by atoms with van der Waals surface area (Å²) in [6.07, 6.45) is -37.2. The van der Waals surface area contributed by atoms with Crippen LogP contribution in [0.2, 0.25) is 0 Å². The molecule has 0 amide bonds. The SMILES string of the molecule is O=P(OCCC(F)(F)C(F)(F)C(F)(F)C(F)(F)C(F)(F)C(F)(F)C(F)(F)F)(OCCC(F)(F)C(F)(F)C(F)(F)C(F)(F)C(F)(F)C(F)(F)C(F)(F)F)OCCC(F)(F)C(F)(F)C(F)(F)C(F)(F)C(F)(F)C(F)(F)C(F)(F)F. The minimum Gasteiger partial charge on any atom is -0.287 e. The van der Waals surface area contributed by atoms with Crippen LogP contribution in [-0.4, -0.2) is 145 Å². The van der Waals surface area contributed by atoms with E-state index in [0.717, 1.165) is 0 Å². The van der Waals surface area contributed by atoms with Gasteiger partial charge in [-0.3, -0.25) is 13.6 Å². The van der Waals surface area contributed by atoms with Gasteiger partial charge in [-0.05, 0) is 0 Å². The van der Waals surface area contributed by atoms with Crippen LogP contribution in [0, 0.1) is 0 Å². The molecular weight excluding hydrogens is 1270 g/mol. The fraction of sp³-hybridized carbons (Fsp3) is 1.00. The molecule has 0 spiro atoms. The third-order valence-corrected chi connectivity index (χ3v) is 10.7. The molecule has 0 unspecified atom stereocenters. The monoisotopic (exact) mass is 1290 g/mol. The molecule has 0 fully saturated rings. The standard InChI is InChI=1S/C27H12F45O4P/c28-7(29,10(34,35)13(40,41)16(46,47)19(52,53)22(58,59)25(64,65)66)1-4-74-77(73,75-5-2-8(30,31)11(36,37)14(42,43)17(48,49)20(54,55)23(60,61)26(67,68)69)76-6-3-9(32,33)12(38,39)15(44,45)18(50,51)21(56,57)24(62,63)27(70,71)72/h1-6H2. The maximum absolute atomic E-state index is 14.2. The Balaban J connectivity index is 7.52. The van der Waals surface area contributed by atoms with Gasteiger partial charge in [-0.15, -0.1) is 0 Å². The molecular formula is C27H12F45O4P. The van der Waals surface area contributed by atoms with Crippen molar-refractivity contribution in [3.63, 3.8) is 0 Å². The molecule has 0 bridgehead atoms. The van der Waals surface area contributed by atoms with Crippen molar-refractivity contribution in [1.82, 2.24) is 0 Å². The zero-order chi connectivity index (χ0) is 63.4. The van der Waals surface area contributed by atoms with Gasteiger partial charge in [-0.25, -0.2) is 4.57 Å². The molecule has 0 atom stereocenters. The van der Waals surface area contributed by atoms with Crippen molar-refractivity contribution >= 4 is 7.82 Å². The number of phosphoric acid groups is 1. The van der Waals surface area contributed by atoms with Crippen LogP contribution in [0.25, 0.3) is 0 Å². The van der Waals surface area contributed by atoms with E-state index in [4.69, 9.17) is 0 Å². The van der Waals surface area contributed by atoms with E-state index in [1.54, 1.807) is 0 Å².